The topological polar surface area (TPSA) is 70.4 Å². The Morgan fingerprint density at radius 3 is 2.80 bits per heavy atom. The van der Waals surface area contributed by atoms with Gasteiger partial charge in [0.05, 0.1) is 0 Å². The molecule has 54 valence electrons. The number of aromatic nitrogens is 1. The molecule has 0 saturated heterocycles. The largest absolute Gasteiger partial charge is 0.362 e. The van der Waals surface area contributed by atoms with E-state index in [1.807, 2.05) is 0 Å². The summed E-state index contributed by atoms with van der Waals surface area (Å²) in [7, 11) is 0. The Labute approximate surface area is 60.8 Å². The molecule has 1 aromatic heterocycles. The first-order valence-electron chi connectivity index (χ1n) is 2.51. The first-order chi connectivity index (χ1) is 4.72. The van der Waals surface area contributed by atoms with E-state index in [9.17, 15) is 4.79 Å². The molecule has 0 amide bonds. The van der Waals surface area contributed by atoms with Crippen LogP contribution in [0.25, 0.3) is 0 Å². The molecule has 0 aliphatic rings. The van der Waals surface area contributed by atoms with Crippen molar-refractivity contribution < 1.29 is 15.0 Å². The second kappa shape index (κ2) is 2.87. The number of hydrogen-bond donors (Lipinski definition) is 2. The van der Waals surface area contributed by atoms with Gasteiger partial charge in [-0.05, 0) is 0 Å². The summed E-state index contributed by atoms with van der Waals surface area (Å²) in [5, 5.41) is 18.4. The van der Waals surface area contributed by atoms with E-state index >= 15 is 0 Å². The SMILES string of the molecule is O=C(c1nccs1)C(O)O. The molecular weight excluding hydrogens is 154 g/mol. The van der Waals surface area contributed by atoms with Crippen molar-refractivity contribution in [1.29, 1.82) is 0 Å². The summed E-state index contributed by atoms with van der Waals surface area (Å²) in [6.07, 6.45) is -0.508. The number of rotatable bonds is 2. The lowest BCUT2D eigenvalue weighted by Gasteiger charge is -1.95. The first kappa shape index (κ1) is 7.33. The smallest absolute Gasteiger partial charge is 0.246 e. The van der Waals surface area contributed by atoms with Gasteiger partial charge in [-0.3, -0.25) is 4.79 Å². The highest BCUT2D eigenvalue weighted by molar-refractivity contribution is 7.11. The van der Waals surface area contributed by atoms with Gasteiger partial charge in [-0.2, -0.15) is 0 Å². The van der Waals surface area contributed by atoms with Gasteiger partial charge in [-0.25, -0.2) is 4.98 Å². The molecule has 0 aliphatic heterocycles. The number of nitrogens with zero attached hydrogens (tertiary/aromatic N) is 1. The van der Waals surface area contributed by atoms with Crippen LogP contribution in [0.2, 0.25) is 0 Å². The van der Waals surface area contributed by atoms with Gasteiger partial charge in [-0.1, -0.05) is 0 Å². The van der Waals surface area contributed by atoms with Gasteiger partial charge in [0.1, 0.15) is 0 Å². The predicted molar refractivity (Wildman–Crippen MR) is 34.7 cm³/mol. The molecule has 0 saturated carbocycles. The van der Waals surface area contributed by atoms with Crippen LogP contribution in [0.15, 0.2) is 11.6 Å². The van der Waals surface area contributed by atoms with Gasteiger partial charge < -0.3 is 10.2 Å². The number of aliphatic hydroxyl groups is 2. The zero-order chi connectivity index (χ0) is 7.56. The lowest BCUT2D eigenvalue weighted by atomic mass is 10.4. The summed E-state index contributed by atoms with van der Waals surface area (Å²) in [5.74, 6) is -0.755. The van der Waals surface area contributed by atoms with Crippen molar-refractivity contribution in [3.63, 3.8) is 0 Å². The Hall–Kier alpha value is -0.780. The predicted octanol–water partition coefficient (Wildman–Crippen LogP) is -0.363. The first-order valence-corrected chi connectivity index (χ1v) is 3.39. The fourth-order valence-electron chi connectivity index (χ4n) is 0.456. The molecule has 0 aromatic carbocycles. The van der Waals surface area contributed by atoms with Gasteiger partial charge >= 0.3 is 0 Å². The Bertz CT molecular complexity index is 219. The maximum atomic E-state index is 10.7. The van der Waals surface area contributed by atoms with Gasteiger partial charge in [0.2, 0.25) is 12.1 Å². The van der Waals surface area contributed by atoms with Crippen LogP contribution in [0.4, 0.5) is 0 Å². The average Bonchev–Trinajstić information content (AvgIpc) is 2.36. The number of Topliss-reactive ketones (excluding diaryl/α,β-unsaturated/α-hetero) is 1. The monoisotopic (exact) mass is 159 g/mol. The van der Waals surface area contributed by atoms with E-state index < -0.39 is 12.1 Å². The molecule has 2 N–H and O–H groups in total. The fraction of sp³-hybridized carbons (Fsp3) is 0.200. The second-order valence-electron chi connectivity index (χ2n) is 1.58. The van der Waals surface area contributed by atoms with E-state index in [4.69, 9.17) is 10.2 Å². The van der Waals surface area contributed by atoms with E-state index in [1.165, 1.54) is 6.20 Å². The maximum Gasteiger partial charge on any atom is 0.246 e. The lowest BCUT2D eigenvalue weighted by molar-refractivity contribution is -0.0195. The minimum Gasteiger partial charge on any atom is -0.362 e. The normalized spacial score (nSPS) is 10.3. The number of carbonyl (C=O) groups is 1. The quantitative estimate of drug-likeness (QED) is 0.456. The van der Waals surface area contributed by atoms with E-state index in [0.29, 0.717) is 0 Å². The van der Waals surface area contributed by atoms with E-state index in [2.05, 4.69) is 4.98 Å². The third-order valence-corrected chi connectivity index (χ3v) is 1.67. The molecule has 1 aromatic rings. The third-order valence-electron chi connectivity index (χ3n) is 0.878. The van der Waals surface area contributed by atoms with Crippen LogP contribution < -0.4 is 0 Å². The van der Waals surface area contributed by atoms with Crippen molar-refractivity contribution in [2.24, 2.45) is 0 Å². The van der Waals surface area contributed by atoms with Gasteiger partial charge in [0.25, 0.3) is 0 Å². The summed E-state index contributed by atoms with van der Waals surface area (Å²) in [5.41, 5.74) is 0. The third kappa shape index (κ3) is 1.38. The second-order valence-corrected chi connectivity index (χ2v) is 2.47. The molecule has 0 atom stereocenters. The number of thiazole rings is 1. The zero-order valence-corrected chi connectivity index (χ0v) is 5.71. The highest BCUT2D eigenvalue weighted by Crippen LogP contribution is 2.05. The number of ketones is 1. The van der Waals surface area contributed by atoms with E-state index in [1.54, 1.807) is 5.38 Å². The molecule has 0 radical (unpaired) electrons. The van der Waals surface area contributed by atoms with Crippen LogP contribution in [0, 0.1) is 0 Å². The number of carbonyl (C=O) groups excluding carboxylic acids is 1. The summed E-state index contributed by atoms with van der Waals surface area (Å²) in [6, 6.07) is 0. The van der Waals surface area contributed by atoms with Crippen molar-refractivity contribution in [2.75, 3.05) is 0 Å². The van der Waals surface area contributed by atoms with Crippen LogP contribution in [0.5, 0.6) is 0 Å². The summed E-state index contributed by atoms with van der Waals surface area (Å²) >= 11 is 1.08. The van der Waals surface area contributed by atoms with E-state index in [-0.39, 0.29) is 5.01 Å². The molecule has 5 heteroatoms. The average molecular weight is 159 g/mol. The van der Waals surface area contributed by atoms with Crippen LogP contribution in [0.3, 0.4) is 0 Å². The Morgan fingerprint density at radius 2 is 2.40 bits per heavy atom. The molecule has 0 bridgehead atoms. The van der Waals surface area contributed by atoms with Gasteiger partial charge in [0.15, 0.2) is 5.01 Å². The highest BCUT2D eigenvalue weighted by atomic mass is 32.1. The Morgan fingerprint density at radius 1 is 1.70 bits per heavy atom. The van der Waals surface area contributed by atoms with Gasteiger partial charge in [0, 0.05) is 11.6 Å². The van der Waals surface area contributed by atoms with Crippen molar-refractivity contribution >= 4 is 17.1 Å². The molecule has 4 nitrogen and oxygen atoms in total. The molecule has 0 aliphatic carbocycles. The minimum absolute atomic E-state index is 0.120. The molecule has 1 heterocycles. The standard InChI is InChI=1S/C5H5NO3S/c7-3(5(8)9)4-6-1-2-10-4/h1-2,5,8-9H. The van der Waals surface area contributed by atoms with Crippen LogP contribution in [-0.4, -0.2) is 27.3 Å². The summed E-state index contributed by atoms with van der Waals surface area (Å²) in [6.45, 7) is 0. The summed E-state index contributed by atoms with van der Waals surface area (Å²) < 4.78 is 0. The van der Waals surface area contributed by atoms with Crippen molar-refractivity contribution in [1.82, 2.24) is 4.98 Å². The summed E-state index contributed by atoms with van der Waals surface area (Å²) in [4.78, 5) is 14.2. The Kier molecular flexibility index (Phi) is 2.10. The molecular formula is C5H5NO3S. The lowest BCUT2D eigenvalue weighted by Crippen LogP contribution is -2.18. The zero-order valence-electron chi connectivity index (χ0n) is 4.89. The number of hydrogen-bond acceptors (Lipinski definition) is 5. The van der Waals surface area contributed by atoms with Crippen molar-refractivity contribution in [3.05, 3.63) is 16.6 Å². The van der Waals surface area contributed by atoms with Crippen LogP contribution in [-0.2, 0) is 0 Å². The van der Waals surface area contributed by atoms with Gasteiger partial charge in [-0.15, -0.1) is 11.3 Å². The minimum atomic E-state index is -1.94. The number of aliphatic hydroxyl groups excluding tert-OH is 1. The fourth-order valence-corrected chi connectivity index (χ4v) is 1.05. The molecule has 0 fully saturated rings. The van der Waals surface area contributed by atoms with Crippen LogP contribution >= 0.6 is 11.3 Å². The van der Waals surface area contributed by atoms with Crippen molar-refractivity contribution in [2.45, 2.75) is 6.29 Å². The van der Waals surface area contributed by atoms with Crippen LogP contribution in [0.1, 0.15) is 9.80 Å². The Balaban J connectivity index is 2.78. The highest BCUT2D eigenvalue weighted by Gasteiger charge is 2.15. The molecule has 0 unspecified atom stereocenters. The molecule has 1 rings (SSSR count). The van der Waals surface area contributed by atoms with E-state index in [0.717, 1.165) is 11.3 Å². The van der Waals surface area contributed by atoms with Crippen molar-refractivity contribution in [3.8, 4) is 0 Å². The maximum absolute atomic E-state index is 10.7. The molecule has 10 heavy (non-hydrogen) atoms. The molecule has 0 spiro atoms.